The summed E-state index contributed by atoms with van der Waals surface area (Å²) < 4.78 is 5.81. The Morgan fingerprint density at radius 1 is 1.00 bits per heavy atom. The van der Waals surface area contributed by atoms with E-state index in [1.165, 1.54) is 0 Å². The van der Waals surface area contributed by atoms with E-state index < -0.39 is 11.4 Å². The zero-order chi connectivity index (χ0) is 14.7. The number of aliphatic carboxylic acids is 1. The van der Waals surface area contributed by atoms with Crippen LogP contribution in [0.4, 0.5) is 0 Å². The van der Waals surface area contributed by atoms with Gasteiger partial charge in [0.05, 0.1) is 6.10 Å². The highest BCUT2D eigenvalue weighted by Gasteiger charge is 2.50. The zero-order valence-corrected chi connectivity index (χ0v) is 11.7. The second-order valence-electron chi connectivity index (χ2n) is 5.35. The summed E-state index contributed by atoms with van der Waals surface area (Å²) in [5.74, 6) is -0.855. The molecular formula is C18H18O3. The molecule has 3 rings (SSSR count). The monoisotopic (exact) mass is 282 g/mol. The van der Waals surface area contributed by atoms with Crippen LogP contribution < -0.4 is 0 Å². The van der Waals surface area contributed by atoms with Crippen molar-refractivity contribution in [1.29, 1.82) is 0 Å². The summed E-state index contributed by atoms with van der Waals surface area (Å²) in [7, 11) is 0. The number of carbonyl (C=O) groups is 1. The molecule has 0 amide bonds. The molecule has 0 aliphatic carbocycles. The maximum Gasteiger partial charge on any atom is 0.321 e. The van der Waals surface area contributed by atoms with E-state index in [4.69, 9.17) is 4.74 Å². The predicted molar refractivity (Wildman–Crippen MR) is 80.3 cm³/mol. The van der Waals surface area contributed by atoms with Crippen molar-refractivity contribution in [2.75, 3.05) is 6.61 Å². The molecule has 1 atom stereocenters. The smallest absolute Gasteiger partial charge is 0.321 e. The molecule has 0 saturated carbocycles. The van der Waals surface area contributed by atoms with Gasteiger partial charge in [-0.25, -0.2) is 0 Å². The summed E-state index contributed by atoms with van der Waals surface area (Å²) >= 11 is 0. The van der Waals surface area contributed by atoms with Crippen molar-refractivity contribution in [3.8, 4) is 0 Å². The molecule has 0 aromatic heterocycles. The van der Waals surface area contributed by atoms with E-state index in [1.54, 1.807) is 0 Å². The van der Waals surface area contributed by atoms with Crippen LogP contribution in [0.5, 0.6) is 0 Å². The quantitative estimate of drug-likeness (QED) is 0.936. The lowest BCUT2D eigenvalue weighted by molar-refractivity contribution is -0.146. The Morgan fingerprint density at radius 2 is 1.52 bits per heavy atom. The van der Waals surface area contributed by atoms with Crippen molar-refractivity contribution in [3.63, 3.8) is 0 Å². The molecule has 1 N–H and O–H groups in total. The summed E-state index contributed by atoms with van der Waals surface area (Å²) in [6.45, 7) is 0.624. The van der Waals surface area contributed by atoms with E-state index in [0.717, 1.165) is 24.0 Å². The minimum absolute atomic E-state index is 0.334. The zero-order valence-electron chi connectivity index (χ0n) is 11.7. The van der Waals surface area contributed by atoms with Gasteiger partial charge in [0, 0.05) is 6.61 Å². The lowest BCUT2D eigenvalue weighted by Crippen LogP contribution is -2.47. The van der Waals surface area contributed by atoms with E-state index in [1.807, 2.05) is 60.7 Å². The van der Waals surface area contributed by atoms with E-state index in [-0.39, 0.29) is 6.10 Å². The molecule has 1 aliphatic heterocycles. The van der Waals surface area contributed by atoms with Crippen LogP contribution in [0.1, 0.15) is 24.0 Å². The van der Waals surface area contributed by atoms with E-state index in [2.05, 4.69) is 0 Å². The average molecular weight is 282 g/mol. The van der Waals surface area contributed by atoms with Crippen molar-refractivity contribution >= 4 is 5.97 Å². The SMILES string of the molecule is O=C(O)C(c1ccccc1)(c1ccccc1)C1CCCO1. The first kappa shape index (κ1) is 13.8. The number of rotatable bonds is 4. The van der Waals surface area contributed by atoms with Crippen LogP contribution in [-0.2, 0) is 14.9 Å². The lowest BCUT2D eigenvalue weighted by Gasteiger charge is -2.35. The third-order valence-electron chi connectivity index (χ3n) is 4.21. The highest BCUT2D eigenvalue weighted by atomic mass is 16.5. The Bertz CT molecular complexity index is 561. The summed E-state index contributed by atoms with van der Waals surface area (Å²) in [4.78, 5) is 12.3. The highest BCUT2D eigenvalue weighted by Crippen LogP contribution is 2.41. The molecule has 3 heteroatoms. The molecule has 2 aromatic rings. The summed E-state index contributed by atoms with van der Waals surface area (Å²) in [5, 5.41) is 10.1. The van der Waals surface area contributed by atoms with Gasteiger partial charge in [0.25, 0.3) is 0 Å². The number of hydrogen-bond acceptors (Lipinski definition) is 2. The second kappa shape index (κ2) is 5.70. The first-order chi connectivity index (χ1) is 10.3. The normalized spacial score (nSPS) is 18.6. The molecule has 108 valence electrons. The molecule has 1 saturated heterocycles. The van der Waals surface area contributed by atoms with Crippen molar-refractivity contribution in [2.24, 2.45) is 0 Å². The summed E-state index contributed by atoms with van der Waals surface area (Å²) in [5.41, 5.74) is 0.408. The Kier molecular flexibility index (Phi) is 3.76. The van der Waals surface area contributed by atoms with E-state index >= 15 is 0 Å². The van der Waals surface area contributed by atoms with Crippen LogP contribution >= 0.6 is 0 Å². The molecule has 0 spiro atoms. The molecule has 1 unspecified atom stereocenters. The Hall–Kier alpha value is -2.13. The van der Waals surface area contributed by atoms with Crippen LogP contribution in [0, 0.1) is 0 Å². The van der Waals surface area contributed by atoms with Gasteiger partial charge in [0.1, 0.15) is 5.41 Å². The molecule has 1 heterocycles. The molecule has 0 radical (unpaired) electrons. The van der Waals surface area contributed by atoms with E-state index in [9.17, 15) is 9.90 Å². The average Bonchev–Trinajstić information content (AvgIpc) is 3.04. The number of benzene rings is 2. The summed E-state index contributed by atoms with van der Waals surface area (Å²) in [6.07, 6.45) is 1.33. The fourth-order valence-electron chi connectivity index (χ4n) is 3.24. The number of carboxylic acid groups (broad SMARTS) is 1. The van der Waals surface area contributed by atoms with Crippen molar-refractivity contribution < 1.29 is 14.6 Å². The van der Waals surface area contributed by atoms with Gasteiger partial charge in [-0.1, -0.05) is 60.7 Å². The third-order valence-corrected chi connectivity index (χ3v) is 4.21. The van der Waals surface area contributed by atoms with Crippen LogP contribution in [0.3, 0.4) is 0 Å². The summed E-state index contributed by atoms with van der Waals surface area (Å²) in [6, 6.07) is 18.8. The fraction of sp³-hybridized carbons (Fsp3) is 0.278. The molecule has 21 heavy (non-hydrogen) atoms. The maximum atomic E-state index is 12.3. The molecule has 0 bridgehead atoms. The molecule has 1 aliphatic rings. The predicted octanol–water partition coefficient (Wildman–Crippen LogP) is 3.24. The number of carboxylic acids is 1. The fourth-order valence-corrected chi connectivity index (χ4v) is 3.24. The molecule has 2 aromatic carbocycles. The Balaban J connectivity index is 2.24. The maximum absolute atomic E-state index is 12.3. The van der Waals surface area contributed by atoms with Gasteiger partial charge in [-0.15, -0.1) is 0 Å². The standard InChI is InChI=1S/C18H18O3/c19-17(20)18(16-12-7-13-21-16,14-8-3-1-4-9-14)15-10-5-2-6-11-15/h1-6,8-11,16H,7,12-13H2,(H,19,20). The first-order valence-electron chi connectivity index (χ1n) is 7.22. The van der Waals surface area contributed by atoms with Gasteiger partial charge in [-0.05, 0) is 24.0 Å². The van der Waals surface area contributed by atoms with Crippen LogP contribution in [0.25, 0.3) is 0 Å². The van der Waals surface area contributed by atoms with Crippen molar-refractivity contribution in [2.45, 2.75) is 24.4 Å². The van der Waals surface area contributed by atoms with Gasteiger partial charge >= 0.3 is 5.97 Å². The van der Waals surface area contributed by atoms with Crippen molar-refractivity contribution in [1.82, 2.24) is 0 Å². The van der Waals surface area contributed by atoms with Gasteiger partial charge in [-0.3, -0.25) is 4.79 Å². The topological polar surface area (TPSA) is 46.5 Å². The molecule has 1 fully saturated rings. The van der Waals surface area contributed by atoms with Gasteiger partial charge < -0.3 is 9.84 Å². The van der Waals surface area contributed by atoms with Crippen molar-refractivity contribution in [3.05, 3.63) is 71.8 Å². The van der Waals surface area contributed by atoms with Gasteiger partial charge in [-0.2, -0.15) is 0 Å². The Morgan fingerprint density at radius 3 is 1.90 bits per heavy atom. The lowest BCUT2D eigenvalue weighted by atomic mass is 9.69. The minimum Gasteiger partial charge on any atom is -0.480 e. The second-order valence-corrected chi connectivity index (χ2v) is 5.35. The van der Waals surface area contributed by atoms with Crippen LogP contribution in [-0.4, -0.2) is 23.8 Å². The van der Waals surface area contributed by atoms with Gasteiger partial charge in [0.2, 0.25) is 0 Å². The number of ether oxygens (including phenoxy) is 1. The Labute approximate surface area is 124 Å². The van der Waals surface area contributed by atoms with E-state index in [0.29, 0.717) is 6.61 Å². The number of hydrogen-bond donors (Lipinski definition) is 1. The molecule has 3 nitrogen and oxygen atoms in total. The van der Waals surface area contributed by atoms with Gasteiger partial charge in [0.15, 0.2) is 0 Å². The van der Waals surface area contributed by atoms with Crippen LogP contribution in [0.15, 0.2) is 60.7 Å². The molecular weight excluding hydrogens is 264 g/mol. The first-order valence-corrected chi connectivity index (χ1v) is 7.22. The largest absolute Gasteiger partial charge is 0.480 e. The minimum atomic E-state index is -1.14. The highest BCUT2D eigenvalue weighted by molar-refractivity contribution is 5.87. The third kappa shape index (κ3) is 2.24. The van der Waals surface area contributed by atoms with Crippen LogP contribution in [0.2, 0.25) is 0 Å².